The summed E-state index contributed by atoms with van der Waals surface area (Å²) in [6.45, 7) is -1.23. The summed E-state index contributed by atoms with van der Waals surface area (Å²) in [6.07, 6.45) is -4.38. The van der Waals surface area contributed by atoms with Crippen LogP contribution in [0.4, 0.5) is 19.0 Å². The molecule has 0 unspecified atom stereocenters. The van der Waals surface area contributed by atoms with Crippen molar-refractivity contribution in [1.82, 2.24) is 19.8 Å². The van der Waals surface area contributed by atoms with E-state index in [1.54, 1.807) is 0 Å². The average Bonchev–Trinajstić information content (AvgIpc) is 2.69. The van der Waals surface area contributed by atoms with E-state index in [9.17, 15) is 18.0 Å². The largest absolute Gasteiger partial charge is 0.405 e. The van der Waals surface area contributed by atoms with Crippen LogP contribution in [0.2, 0.25) is 0 Å². The molecule has 0 radical (unpaired) electrons. The summed E-state index contributed by atoms with van der Waals surface area (Å²) in [5.74, 6) is 0.0183. The normalized spacial score (nSPS) is 12.0. The molecule has 0 atom stereocenters. The SMILES string of the molecule is O=c1[nH]nc2ccc(N(CCCl)CC(F)(F)F)nn12. The number of alkyl halides is 4. The molecule has 2 aromatic heterocycles. The lowest BCUT2D eigenvalue weighted by Gasteiger charge is -2.23. The lowest BCUT2D eigenvalue weighted by molar-refractivity contribution is -0.119. The Kier molecular flexibility index (Phi) is 3.65. The zero-order valence-electron chi connectivity index (χ0n) is 9.48. The lowest BCUT2D eigenvalue weighted by Crippen LogP contribution is -2.36. The van der Waals surface area contributed by atoms with Gasteiger partial charge in [-0.2, -0.15) is 22.8 Å². The molecule has 0 amide bonds. The Morgan fingerprint density at radius 3 is 2.79 bits per heavy atom. The molecule has 0 saturated carbocycles. The second kappa shape index (κ2) is 5.08. The maximum absolute atomic E-state index is 12.4. The number of fused-ring (bicyclic) bond motifs is 1. The highest BCUT2D eigenvalue weighted by molar-refractivity contribution is 6.18. The van der Waals surface area contributed by atoms with Crippen LogP contribution < -0.4 is 10.6 Å². The molecule has 0 saturated heterocycles. The summed E-state index contributed by atoms with van der Waals surface area (Å²) >= 11 is 5.48. The topological polar surface area (TPSA) is 66.3 Å². The smallest absolute Gasteiger partial charge is 0.345 e. The number of hydrogen-bond donors (Lipinski definition) is 1. The van der Waals surface area contributed by atoms with Gasteiger partial charge >= 0.3 is 11.9 Å². The highest BCUT2D eigenvalue weighted by Gasteiger charge is 2.31. The second-order valence-corrected chi connectivity index (χ2v) is 4.09. The van der Waals surface area contributed by atoms with Gasteiger partial charge < -0.3 is 4.90 Å². The molecule has 0 aliphatic heterocycles. The number of nitrogens with one attached hydrogen (secondary N) is 1. The standard InChI is InChI=1S/C9H9ClF3N5O/c10-3-4-17(5-9(11,12)13)7-2-1-6-14-15-8(19)18(6)16-7/h1-2H,3-5H2,(H,15,19). The molecule has 0 aromatic carbocycles. The zero-order chi connectivity index (χ0) is 14.0. The van der Waals surface area contributed by atoms with E-state index in [-0.39, 0.29) is 23.9 Å². The molecule has 2 aromatic rings. The van der Waals surface area contributed by atoms with Crippen LogP contribution in [-0.2, 0) is 0 Å². The van der Waals surface area contributed by atoms with Gasteiger partial charge in [-0.15, -0.1) is 16.7 Å². The summed E-state index contributed by atoms with van der Waals surface area (Å²) in [4.78, 5) is 12.3. The number of anilines is 1. The fourth-order valence-corrected chi connectivity index (χ4v) is 1.76. The van der Waals surface area contributed by atoms with E-state index in [0.717, 1.165) is 9.42 Å². The van der Waals surface area contributed by atoms with Crippen molar-refractivity contribution in [2.24, 2.45) is 0 Å². The van der Waals surface area contributed by atoms with Gasteiger partial charge in [0.25, 0.3) is 0 Å². The fraction of sp³-hybridized carbons (Fsp3) is 0.444. The van der Waals surface area contributed by atoms with E-state index in [1.165, 1.54) is 12.1 Å². The van der Waals surface area contributed by atoms with Crippen molar-refractivity contribution < 1.29 is 13.2 Å². The first-order chi connectivity index (χ1) is 8.90. The van der Waals surface area contributed by atoms with Crippen LogP contribution in [0.1, 0.15) is 0 Å². The van der Waals surface area contributed by atoms with Crippen LogP contribution in [0.15, 0.2) is 16.9 Å². The van der Waals surface area contributed by atoms with Crippen molar-refractivity contribution in [1.29, 1.82) is 0 Å². The molecule has 0 aliphatic rings. The molecule has 1 N–H and O–H groups in total. The van der Waals surface area contributed by atoms with E-state index >= 15 is 0 Å². The van der Waals surface area contributed by atoms with E-state index < -0.39 is 18.4 Å². The van der Waals surface area contributed by atoms with Gasteiger partial charge in [0.2, 0.25) is 0 Å². The fourth-order valence-electron chi connectivity index (χ4n) is 1.55. The first kappa shape index (κ1) is 13.7. The van der Waals surface area contributed by atoms with Crippen molar-refractivity contribution in [3.8, 4) is 0 Å². The monoisotopic (exact) mass is 295 g/mol. The van der Waals surface area contributed by atoms with E-state index in [0.29, 0.717) is 0 Å². The number of halogens is 4. The summed E-state index contributed by atoms with van der Waals surface area (Å²) in [7, 11) is 0. The maximum atomic E-state index is 12.4. The third-order valence-corrected chi connectivity index (χ3v) is 2.48. The molecule has 10 heteroatoms. The minimum Gasteiger partial charge on any atom is -0.345 e. The predicted molar refractivity (Wildman–Crippen MR) is 62.6 cm³/mol. The van der Waals surface area contributed by atoms with Crippen molar-refractivity contribution in [2.75, 3.05) is 23.9 Å². The summed E-state index contributed by atoms with van der Waals surface area (Å²) < 4.78 is 38.2. The average molecular weight is 296 g/mol. The Balaban J connectivity index is 2.37. The molecule has 0 bridgehead atoms. The first-order valence-corrected chi connectivity index (χ1v) is 5.76. The Labute approximate surface area is 109 Å². The molecule has 2 rings (SSSR count). The molecule has 104 valence electrons. The van der Waals surface area contributed by atoms with Crippen molar-refractivity contribution in [3.63, 3.8) is 0 Å². The maximum Gasteiger partial charge on any atom is 0.405 e. The number of aromatic nitrogens is 4. The van der Waals surface area contributed by atoms with Gasteiger partial charge in [0.15, 0.2) is 5.65 Å². The van der Waals surface area contributed by atoms with Crippen LogP contribution in [0, 0.1) is 0 Å². The Hall–Kier alpha value is -1.77. The first-order valence-electron chi connectivity index (χ1n) is 5.23. The van der Waals surface area contributed by atoms with Crippen LogP contribution in [0.5, 0.6) is 0 Å². The predicted octanol–water partition coefficient (Wildman–Crippen LogP) is 1.03. The highest BCUT2D eigenvalue weighted by atomic mass is 35.5. The molecule has 0 spiro atoms. The summed E-state index contributed by atoms with van der Waals surface area (Å²) in [6, 6.07) is 2.76. The molecule has 0 fully saturated rings. The molecule has 19 heavy (non-hydrogen) atoms. The number of hydrogen-bond acceptors (Lipinski definition) is 4. The Morgan fingerprint density at radius 1 is 1.42 bits per heavy atom. The van der Waals surface area contributed by atoms with Crippen molar-refractivity contribution >= 4 is 23.1 Å². The van der Waals surface area contributed by atoms with Crippen LogP contribution in [0.3, 0.4) is 0 Å². The van der Waals surface area contributed by atoms with E-state index in [1.807, 2.05) is 0 Å². The number of rotatable bonds is 4. The highest BCUT2D eigenvalue weighted by Crippen LogP contribution is 2.20. The minimum atomic E-state index is -4.38. The van der Waals surface area contributed by atoms with Gasteiger partial charge in [-0.05, 0) is 12.1 Å². The third-order valence-electron chi connectivity index (χ3n) is 2.31. The molecular weight excluding hydrogens is 287 g/mol. The van der Waals surface area contributed by atoms with Gasteiger partial charge in [-0.25, -0.2) is 9.89 Å². The minimum absolute atomic E-state index is 0.00831. The van der Waals surface area contributed by atoms with E-state index in [2.05, 4.69) is 15.3 Å². The number of aromatic amines is 1. The number of nitrogens with zero attached hydrogens (tertiary/aromatic N) is 4. The lowest BCUT2D eigenvalue weighted by atomic mass is 10.4. The molecular formula is C9H9ClF3N5O. The van der Waals surface area contributed by atoms with Crippen LogP contribution in [0.25, 0.3) is 5.65 Å². The van der Waals surface area contributed by atoms with Gasteiger partial charge in [0.1, 0.15) is 12.4 Å². The summed E-state index contributed by atoms with van der Waals surface area (Å²) in [5.41, 5.74) is -0.388. The van der Waals surface area contributed by atoms with Crippen molar-refractivity contribution in [2.45, 2.75) is 6.18 Å². The van der Waals surface area contributed by atoms with Gasteiger partial charge in [-0.1, -0.05) is 0 Å². The number of H-pyrrole nitrogens is 1. The van der Waals surface area contributed by atoms with Crippen LogP contribution >= 0.6 is 11.6 Å². The van der Waals surface area contributed by atoms with Crippen molar-refractivity contribution in [3.05, 3.63) is 22.6 Å². The Bertz CT molecular complexity index is 622. The van der Waals surface area contributed by atoms with Gasteiger partial charge in [0.05, 0.1) is 0 Å². The second-order valence-electron chi connectivity index (χ2n) is 3.72. The molecule has 6 nitrogen and oxygen atoms in total. The van der Waals surface area contributed by atoms with E-state index in [4.69, 9.17) is 11.6 Å². The van der Waals surface area contributed by atoms with Gasteiger partial charge in [-0.3, -0.25) is 0 Å². The zero-order valence-corrected chi connectivity index (χ0v) is 10.2. The van der Waals surface area contributed by atoms with Crippen LogP contribution in [-0.4, -0.2) is 45.0 Å². The molecule has 0 aliphatic carbocycles. The summed E-state index contributed by atoms with van der Waals surface area (Å²) in [5, 5.41) is 9.60. The third kappa shape index (κ3) is 3.16. The quantitative estimate of drug-likeness (QED) is 0.856. The van der Waals surface area contributed by atoms with Gasteiger partial charge in [0, 0.05) is 12.4 Å². The molecule has 2 heterocycles. The Morgan fingerprint density at radius 2 is 2.16 bits per heavy atom.